The number of benzene rings is 2. The van der Waals surface area contributed by atoms with Crippen molar-refractivity contribution in [2.45, 2.75) is 6.92 Å². The van der Waals surface area contributed by atoms with Gasteiger partial charge in [0.15, 0.2) is 0 Å². The van der Waals surface area contributed by atoms with Crippen LogP contribution in [0.15, 0.2) is 24.3 Å². The average Bonchev–Trinajstić information content (AvgIpc) is 2.47. The Morgan fingerprint density at radius 1 is 0.955 bits per heavy atom. The van der Waals surface area contributed by atoms with E-state index < -0.39 is 40.7 Å². The van der Waals surface area contributed by atoms with Gasteiger partial charge >= 0.3 is 0 Å². The summed E-state index contributed by atoms with van der Waals surface area (Å²) in [5, 5.41) is 2.38. The predicted molar refractivity (Wildman–Crippen MR) is 67.1 cm³/mol. The van der Waals surface area contributed by atoms with E-state index in [2.05, 4.69) is 5.32 Å². The molecule has 0 spiro atoms. The van der Waals surface area contributed by atoms with Gasteiger partial charge in [-0.1, -0.05) is 6.07 Å². The van der Waals surface area contributed by atoms with Gasteiger partial charge in [-0.05, 0) is 12.1 Å². The molecule has 0 atom stereocenters. The molecule has 1 amide bonds. The lowest BCUT2D eigenvalue weighted by Gasteiger charge is -2.11. The molecule has 0 saturated heterocycles. The van der Waals surface area contributed by atoms with Gasteiger partial charge in [0.2, 0.25) is 40.7 Å². The van der Waals surface area contributed by atoms with Gasteiger partial charge in [0, 0.05) is 18.7 Å². The van der Waals surface area contributed by atoms with Gasteiger partial charge in [0.1, 0.15) is 5.75 Å². The van der Waals surface area contributed by atoms with Crippen LogP contribution < -0.4 is 10.1 Å². The van der Waals surface area contributed by atoms with Crippen molar-refractivity contribution < 1.29 is 31.5 Å². The third-order valence-corrected chi connectivity index (χ3v) is 2.54. The molecule has 2 aromatic rings. The molecule has 0 radical (unpaired) electrons. The fourth-order valence-corrected chi connectivity index (χ4v) is 1.63. The summed E-state index contributed by atoms with van der Waals surface area (Å²) in [5.74, 6) is -12.7. The van der Waals surface area contributed by atoms with Crippen LogP contribution in [0, 0.1) is 29.1 Å². The van der Waals surface area contributed by atoms with Gasteiger partial charge in [-0.15, -0.1) is 0 Å². The van der Waals surface area contributed by atoms with Gasteiger partial charge in [-0.2, -0.15) is 8.78 Å². The summed E-state index contributed by atoms with van der Waals surface area (Å²) >= 11 is 0. The van der Waals surface area contributed by atoms with Crippen LogP contribution in [0.3, 0.4) is 0 Å². The number of halogens is 5. The zero-order chi connectivity index (χ0) is 16.4. The lowest BCUT2D eigenvalue weighted by atomic mass is 10.2. The average molecular weight is 317 g/mol. The number of anilines is 1. The minimum atomic E-state index is -2.27. The summed E-state index contributed by atoms with van der Waals surface area (Å²) in [6.45, 7) is 1.23. The number of ether oxygens (including phenoxy) is 1. The number of nitrogens with one attached hydrogen (secondary N) is 1. The second-order valence-corrected chi connectivity index (χ2v) is 4.21. The van der Waals surface area contributed by atoms with Crippen molar-refractivity contribution >= 4 is 11.6 Å². The number of hydrogen-bond donors (Lipinski definition) is 1. The minimum absolute atomic E-state index is 0.213. The molecule has 0 bridgehead atoms. The highest BCUT2D eigenvalue weighted by Gasteiger charge is 2.27. The Labute approximate surface area is 121 Å². The normalized spacial score (nSPS) is 10.5. The van der Waals surface area contributed by atoms with Crippen LogP contribution in [-0.2, 0) is 4.79 Å². The Hall–Kier alpha value is -2.64. The van der Waals surface area contributed by atoms with Crippen molar-refractivity contribution in [3.05, 3.63) is 53.4 Å². The Bertz CT molecular complexity index is 719. The summed E-state index contributed by atoms with van der Waals surface area (Å²) in [4.78, 5) is 10.9. The Balaban J connectivity index is 2.42. The van der Waals surface area contributed by atoms with E-state index in [9.17, 15) is 26.7 Å². The first-order valence-electron chi connectivity index (χ1n) is 5.88. The van der Waals surface area contributed by atoms with E-state index in [4.69, 9.17) is 4.74 Å². The first kappa shape index (κ1) is 15.7. The largest absolute Gasteiger partial charge is 0.451 e. The maximum Gasteiger partial charge on any atom is 0.221 e. The smallest absolute Gasteiger partial charge is 0.221 e. The molecule has 2 rings (SSSR count). The van der Waals surface area contributed by atoms with Gasteiger partial charge in [0.05, 0.1) is 0 Å². The molecule has 22 heavy (non-hydrogen) atoms. The van der Waals surface area contributed by atoms with E-state index in [1.54, 1.807) is 0 Å². The second kappa shape index (κ2) is 6.00. The van der Waals surface area contributed by atoms with Crippen LogP contribution in [0.5, 0.6) is 11.5 Å². The van der Waals surface area contributed by atoms with Gasteiger partial charge in [0.25, 0.3) is 0 Å². The Kier molecular flexibility index (Phi) is 4.30. The number of carbonyl (C=O) groups is 1. The third-order valence-electron chi connectivity index (χ3n) is 2.54. The Morgan fingerprint density at radius 2 is 1.50 bits per heavy atom. The summed E-state index contributed by atoms with van der Waals surface area (Å²) < 4.78 is 70.7. The van der Waals surface area contributed by atoms with Crippen molar-refractivity contribution in [2.24, 2.45) is 0 Å². The minimum Gasteiger partial charge on any atom is -0.451 e. The fraction of sp³-hybridized carbons (Fsp3) is 0.0714. The zero-order valence-corrected chi connectivity index (χ0v) is 11.0. The van der Waals surface area contributed by atoms with Crippen LogP contribution in [0.2, 0.25) is 0 Å². The van der Waals surface area contributed by atoms with Crippen molar-refractivity contribution in [3.63, 3.8) is 0 Å². The zero-order valence-electron chi connectivity index (χ0n) is 11.0. The van der Waals surface area contributed by atoms with Crippen LogP contribution in [-0.4, -0.2) is 5.91 Å². The summed E-state index contributed by atoms with van der Waals surface area (Å²) in [6, 6.07) is 5.21. The van der Waals surface area contributed by atoms with Crippen molar-refractivity contribution in [1.29, 1.82) is 0 Å². The van der Waals surface area contributed by atoms with E-state index in [0.29, 0.717) is 0 Å². The van der Waals surface area contributed by atoms with E-state index in [-0.39, 0.29) is 11.4 Å². The molecule has 0 aliphatic rings. The van der Waals surface area contributed by atoms with Gasteiger partial charge in [-0.25, -0.2) is 13.2 Å². The third kappa shape index (κ3) is 3.00. The molecule has 3 nitrogen and oxygen atoms in total. The van der Waals surface area contributed by atoms with Crippen molar-refractivity contribution in [1.82, 2.24) is 0 Å². The fourth-order valence-electron chi connectivity index (χ4n) is 1.63. The van der Waals surface area contributed by atoms with E-state index in [1.165, 1.54) is 31.2 Å². The molecule has 1 N–H and O–H groups in total. The number of carbonyl (C=O) groups excluding carboxylic acids is 1. The molecule has 0 saturated carbocycles. The molecule has 0 aliphatic heterocycles. The van der Waals surface area contributed by atoms with Crippen LogP contribution >= 0.6 is 0 Å². The van der Waals surface area contributed by atoms with Crippen molar-refractivity contribution in [3.8, 4) is 11.5 Å². The molecule has 0 fully saturated rings. The van der Waals surface area contributed by atoms with E-state index in [1.807, 2.05) is 0 Å². The monoisotopic (exact) mass is 317 g/mol. The summed E-state index contributed by atoms with van der Waals surface area (Å²) in [7, 11) is 0. The molecule has 2 aromatic carbocycles. The SMILES string of the molecule is CC(=O)Nc1cccc(Oc2c(F)c(F)c(F)c(F)c2F)c1. The molecule has 116 valence electrons. The van der Waals surface area contributed by atoms with E-state index in [0.717, 1.165) is 0 Å². The highest BCUT2D eigenvalue weighted by atomic mass is 19.2. The van der Waals surface area contributed by atoms with Crippen molar-refractivity contribution in [2.75, 3.05) is 5.32 Å². The molecule has 0 aromatic heterocycles. The second-order valence-electron chi connectivity index (χ2n) is 4.21. The first-order chi connectivity index (χ1) is 10.3. The van der Waals surface area contributed by atoms with Gasteiger partial charge < -0.3 is 10.1 Å². The highest BCUT2D eigenvalue weighted by molar-refractivity contribution is 5.88. The van der Waals surface area contributed by atoms with E-state index >= 15 is 0 Å². The topological polar surface area (TPSA) is 38.3 Å². The lowest BCUT2D eigenvalue weighted by Crippen LogP contribution is -2.06. The molecular formula is C14H8F5NO2. The summed E-state index contributed by atoms with van der Waals surface area (Å²) in [6.07, 6.45) is 0. The molecule has 0 heterocycles. The molecule has 0 unspecified atom stereocenters. The van der Waals surface area contributed by atoms with Crippen LogP contribution in [0.1, 0.15) is 6.92 Å². The molecular weight excluding hydrogens is 309 g/mol. The standard InChI is InChI=1S/C14H8F5NO2/c1-6(21)20-7-3-2-4-8(5-7)22-14-12(18)10(16)9(15)11(17)13(14)19/h2-5H,1H3,(H,20,21). The predicted octanol–water partition coefficient (Wildman–Crippen LogP) is 4.13. The highest BCUT2D eigenvalue weighted by Crippen LogP contribution is 2.33. The Morgan fingerprint density at radius 3 is 2.05 bits per heavy atom. The van der Waals surface area contributed by atoms with Crippen LogP contribution in [0.25, 0.3) is 0 Å². The molecule has 8 heteroatoms. The summed E-state index contributed by atoms with van der Waals surface area (Å²) in [5.41, 5.74) is 0.230. The number of hydrogen-bond acceptors (Lipinski definition) is 2. The maximum atomic E-state index is 13.5. The lowest BCUT2D eigenvalue weighted by molar-refractivity contribution is -0.114. The number of rotatable bonds is 3. The molecule has 0 aliphatic carbocycles. The van der Waals surface area contributed by atoms with Crippen LogP contribution in [0.4, 0.5) is 27.6 Å². The quantitative estimate of drug-likeness (QED) is 0.525. The van der Waals surface area contributed by atoms with Gasteiger partial charge in [-0.3, -0.25) is 4.79 Å². The first-order valence-corrected chi connectivity index (χ1v) is 5.88. The number of amides is 1. The maximum absolute atomic E-state index is 13.5.